The normalized spacial score (nSPS) is 13.3. The molecular weight excluding hydrogens is 514 g/mol. The number of aromatic nitrogens is 2. The molecule has 3 heterocycles. The van der Waals surface area contributed by atoms with Gasteiger partial charge >= 0.3 is 5.97 Å². The lowest BCUT2D eigenvalue weighted by Gasteiger charge is -2.25. The summed E-state index contributed by atoms with van der Waals surface area (Å²) in [6, 6.07) is 7.04. The van der Waals surface area contributed by atoms with Crippen LogP contribution in [0.1, 0.15) is 49.5 Å². The summed E-state index contributed by atoms with van der Waals surface area (Å²) in [4.78, 5) is 33.9. The fourth-order valence-corrected chi connectivity index (χ4v) is 4.39. The Morgan fingerprint density at radius 1 is 1.26 bits per heavy atom. The van der Waals surface area contributed by atoms with E-state index in [0.29, 0.717) is 45.7 Å². The Morgan fingerprint density at radius 2 is 2.06 bits per heavy atom. The zero-order valence-corrected chi connectivity index (χ0v) is 21.1. The van der Waals surface area contributed by atoms with Gasteiger partial charge in [-0.05, 0) is 60.0 Å². The van der Waals surface area contributed by atoms with E-state index in [-0.39, 0.29) is 30.1 Å². The number of phenolic OH excluding ortho intramolecular Hbond substituents is 1. The van der Waals surface area contributed by atoms with Gasteiger partial charge in [-0.25, -0.2) is 4.98 Å². The zero-order chi connectivity index (χ0) is 24.9. The molecule has 0 saturated carbocycles. The molecule has 182 valence electrons. The van der Waals surface area contributed by atoms with Crippen LogP contribution in [0.2, 0.25) is 0 Å². The van der Waals surface area contributed by atoms with Crippen molar-refractivity contribution in [1.29, 1.82) is 0 Å². The molecule has 0 spiro atoms. The largest absolute Gasteiger partial charge is 0.508 e. The van der Waals surface area contributed by atoms with Gasteiger partial charge in [0.2, 0.25) is 0 Å². The highest BCUT2D eigenvalue weighted by Gasteiger charge is 2.26. The molecule has 0 aliphatic carbocycles. The third-order valence-electron chi connectivity index (χ3n) is 5.65. The minimum absolute atomic E-state index is 0.0999. The molecule has 1 aromatic carbocycles. The second-order valence-corrected chi connectivity index (χ2v) is 8.99. The SMILES string of the molecule is CCCc1c(O)cccc1OC(C1=CC=N1)c1cc(Br)cn2c(=O)c(CCC(=O)OCC)cnc12. The number of allylic oxidation sites excluding steroid dienone is 1. The lowest BCUT2D eigenvalue weighted by Crippen LogP contribution is -2.23. The lowest BCUT2D eigenvalue weighted by atomic mass is 10.0. The Hall–Kier alpha value is -3.46. The molecule has 4 rings (SSSR count). The predicted molar refractivity (Wildman–Crippen MR) is 136 cm³/mol. The molecule has 2 aromatic heterocycles. The second-order valence-electron chi connectivity index (χ2n) is 8.07. The summed E-state index contributed by atoms with van der Waals surface area (Å²) in [5.41, 5.74) is 2.60. The first kappa shape index (κ1) is 24.7. The van der Waals surface area contributed by atoms with E-state index in [4.69, 9.17) is 9.47 Å². The molecule has 8 nitrogen and oxygen atoms in total. The van der Waals surface area contributed by atoms with Crippen LogP contribution < -0.4 is 10.3 Å². The molecule has 0 radical (unpaired) electrons. The quantitative estimate of drug-likeness (QED) is 0.374. The van der Waals surface area contributed by atoms with Gasteiger partial charge in [0, 0.05) is 46.2 Å². The number of rotatable bonds is 10. The Kier molecular flexibility index (Phi) is 7.65. The molecule has 1 aliphatic heterocycles. The van der Waals surface area contributed by atoms with E-state index < -0.39 is 6.10 Å². The van der Waals surface area contributed by atoms with Crippen molar-refractivity contribution in [3.63, 3.8) is 0 Å². The number of phenols is 1. The highest BCUT2D eigenvalue weighted by Crippen LogP contribution is 2.37. The Balaban J connectivity index is 1.76. The summed E-state index contributed by atoms with van der Waals surface area (Å²) >= 11 is 3.50. The number of hydrogen-bond acceptors (Lipinski definition) is 7. The number of carbonyl (C=O) groups is 1. The van der Waals surface area contributed by atoms with Crippen LogP contribution >= 0.6 is 15.9 Å². The lowest BCUT2D eigenvalue weighted by molar-refractivity contribution is -0.143. The molecule has 35 heavy (non-hydrogen) atoms. The van der Waals surface area contributed by atoms with Gasteiger partial charge in [0.05, 0.1) is 12.3 Å². The topological polar surface area (TPSA) is 102 Å². The Morgan fingerprint density at radius 3 is 2.74 bits per heavy atom. The van der Waals surface area contributed by atoms with Crippen molar-refractivity contribution in [2.75, 3.05) is 6.61 Å². The predicted octanol–water partition coefficient (Wildman–Crippen LogP) is 4.70. The number of halogens is 1. The fourth-order valence-electron chi connectivity index (χ4n) is 3.94. The standard InChI is InChI=1S/C26H26BrN3O5/c1-3-6-18-21(31)7-5-8-22(18)35-24(20-11-12-28-20)19-13-17(27)15-30-25(19)29-14-16(26(30)33)9-10-23(32)34-4-2/h5,7-8,11-15,24,31H,3-4,6,9-10H2,1-2H3. The number of carbonyl (C=O) groups excluding carboxylic acids is 1. The van der Waals surface area contributed by atoms with E-state index in [9.17, 15) is 14.7 Å². The van der Waals surface area contributed by atoms with Gasteiger partial charge in [0.1, 0.15) is 17.1 Å². The first-order valence-corrected chi connectivity index (χ1v) is 12.3. The van der Waals surface area contributed by atoms with Gasteiger partial charge in [-0.3, -0.25) is 19.0 Å². The smallest absolute Gasteiger partial charge is 0.306 e. The van der Waals surface area contributed by atoms with Crippen molar-refractivity contribution in [1.82, 2.24) is 9.38 Å². The first-order chi connectivity index (χ1) is 16.9. The number of aromatic hydroxyl groups is 1. The molecule has 0 saturated heterocycles. The molecular formula is C26H26BrN3O5. The van der Waals surface area contributed by atoms with E-state index in [0.717, 1.165) is 12.0 Å². The number of aryl methyl sites for hydroxylation is 1. The van der Waals surface area contributed by atoms with E-state index in [2.05, 4.69) is 25.9 Å². The summed E-state index contributed by atoms with van der Waals surface area (Å²) < 4.78 is 13.5. The summed E-state index contributed by atoms with van der Waals surface area (Å²) in [5.74, 6) is 0.365. The molecule has 1 aliphatic rings. The number of hydrogen-bond donors (Lipinski definition) is 1. The van der Waals surface area contributed by atoms with Crippen LogP contribution in [0.5, 0.6) is 11.5 Å². The van der Waals surface area contributed by atoms with Crippen molar-refractivity contribution >= 4 is 33.8 Å². The van der Waals surface area contributed by atoms with Gasteiger partial charge in [0.15, 0.2) is 6.10 Å². The molecule has 0 amide bonds. The maximum atomic E-state index is 13.3. The number of aliphatic imine (C=N–C) groups is 1. The zero-order valence-electron chi connectivity index (χ0n) is 19.5. The van der Waals surface area contributed by atoms with Crippen LogP contribution in [-0.2, 0) is 22.4 Å². The van der Waals surface area contributed by atoms with Crippen LogP contribution in [0.15, 0.2) is 62.7 Å². The van der Waals surface area contributed by atoms with Crippen LogP contribution in [0.4, 0.5) is 0 Å². The van der Waals surface area contributed by atoms with Gasteiger partial charge in [0.25, 0.3) is 5.56 Å². The summed E-state index contributed by atoms with van der Waals surface area (Å²) in [5, 5.41) is 10.4. The summed E-state index contributed by atoms with van der Waals surface area (Å²) in [6.07, 6.45) is 7.83. The third kappa shape index (κ3) is 5.30. The molecule has 0 fully saturated rings. The first-order valence-electron chi connectivity index (χ1n) is 11.5. The Labute approximate surface area is 211 Å². The summed E-state index contributed by atoms with van der Waals surface area (Å²) in [7, 11) is 0. The molecule has 3 aromatic rings. The van der Waals surface area contributed by atoms with E-state index in [1.54, 1.807) is 31.5 Å². The highest BCUT2D eigenvalue weighted by atomic mass is 79.9. The van der Waals surface area contributed by atoms with Crippen molar-refractivity contribution in [2.24, 2.45) is 4.99 Å². The fraction of sp³-hybridized carbons (Fsp3) is 0.308. The minimum Gasteiger partial charge on any atom is -0.508 e. The third-order valence-corrected chi connectivity index (χ3v) is 6.08. The maximum absolute atomic E-state index is 13.3. The Bertz CT molecular complexity index is 1380. The van der Waals surface area contributed by atoms with E-state index in [1.807, 2.05) is 25.1 Å². The van der Waals surface area contributed by atoms with Gasteiger partial charge in [-0.2, -0.15) is 0 Å². The maximum Gasteiger partial charge on any atom is 0.306 e. The van der Waals surface area contributed by atoms with Crippen molar-refractivity contribution < 1.29 is 19.4 Å². The number of ether oxygens (including phenoxy) is 2. The van der Waals surface area contributed by atoms with Crippen molar-refractivity contribution in [3.05, 3.63) is 79.9 Å². The number of nitrogens with zero attached hydrogens (tertiary/aromatic N) is 3. The van der Waals surface area contributed by atoms with Gasteiger partial charge in [-0.15, -0.1) is 0 Å². The minimum atomic E-state index is -0.651. The average Bonchev–Trinajstić information content (AvgIpc) is 2.79. The number of esters is 1. The average molecular weight is 540 g/mol. The van der Waals surface area contributed by atoms with Crippen LogP contribution in [0, 0.1) is 0 Å². The number of pyridine rings is 1. The van der Waals surface area contributed by atoms with E-state index in [1.165, 1.54) is 10.6 Å². The van der Waals surface area contributed by atoms with Crippen molar-refractivity contribution in [2.45, 2.75) is 45.6 Å². The van der Waals surface area contributed by atoms with Crippen LogP contribution in [0.3, 0.4) is 0 Å². The molecule has 9 heteroatoms. The van der Waals surface area contributed by atoms with Crippen LogP contribution in [-0.4, -0.2) is 33.3 Å². The van der Waals surface area contributed by atoms with E-state index >= 15 is 0 Å². The van der Waals surface area contributed by atoms with Crippen LogP contribution in [0.25, 0.3) is 5.65 Å². The van der Waals surface area contributed by atoms with Gasteiger partial charge < -0.3 is 14.6 Å². The number of benzene rings is 1. The van der Waals surface area contributed by atoms with Crippen molar-refractivity contribution in [3.8, 4) is 11.5 Å². The van der Waals surface area contributed by atoms with Gasteiger partial charge in [-0.1, -0.05) is 19.4 Å². The number of fused-ring (bicyclic) bond motifs is 1. The molecule has 1 unspecified atom stereocenters. The monoisotopic (exact) mass is 539 g/mol. The molecule has 0 bridgehead atoms. The molecule has 1 N–H and O–H groups in total. The molecule has 1 atom stereocenters. The summed E-state index contributed by atoms with van der Waals surface area (Å²) in [6.45, 7) is 4.07. The highest BCUT2D eigenvalue weighted by molar-refractivity contribution is 9.10. The second kappa shape index (κ2) is 10.9.